The molecule has 0 spiro atoms. The average Bonchev–Trinajstić information content (AvgIpc) is 3.14. The van der Waals surface area contributed by atoms with E-state index in [9.17, 15) is 0 Å². The van der Waals surface area contributed by atoms with Crippen molar-refractivity contribution < 1.29 is 0 Å². The number of nitrogens with zero attached hydrogens (tertiary/aromatic N) is 4. The SMILES string of the molecule is CCCN1CCC(CN=C(NCC)N2CCN(c3ccccc3)CC2)C1.I. The average molecular weight is 485 g/mol. The van der Waals surface area contributed by atoms with E-state index in [1.165, 1.54) is 38.2 Å². The standard InChI is InChI=1S/C21H35N5.HI/c1-3-11-24-12-10-19(18-24)17-23-21(22-4-2)26-15-13-25(14-16-26)20-8-6-5-7-9-20;/h5-9,19H,3-4,10-18H2,1-2H3,(H,22,23);1H. The molecule has 0 radical (unpaired) electrons. The lowest BCUT2D eigenvalue weighted by molar-refractivity contribution is 0.325. The molecule has 1 N–H and O–H groups in total. The van der Waals surface area contributed by atoms with E-state index in [0.29, 0.717) is 0 Å². The van der Waals surface area contributed by atoms with Gasteiger partial charge in [-0.05, 0) is 50.9 Å². The Kier molecular flexibility index (Phi) is 9.68. The smallest absolute Gasteiger partial charge is 0.194 e. The van der Waals surface area contributed by atoms with Gasteiger partial charge in [-0.25, -0.2) is 0 Å². The first-order valence-corrected chi connectivity index (χ1v) is 10.4. The molecular weight excluding hydrogens is 449 g/mol. The summed E-state index contributed by atoms with van der Waals surface area (Å²) in [6, 6.07) is 10.7. The van der Waals surface area contributed by atoms with E-state index in [4.69, 9.17) is 4.99 Å². The third kappa shape index (κ3) is 6.52. The van der Waals surface area contributed by atoms with Gasteiger partial charge in [0.1, 0.15) is 0 Å². The van der Waals surface area contributed by atoms with Crippen LogP contribution in [-0.2, 0) is 0 Å². The number of benzene rings is 1. The fraction of sp³-hybridized carbons (Fsp3) is 0.667. The van der Waals surface area contributed by atoms with Crippen molar-refractivity contribution in [3.63, 3.8) is 0 Å². The minimum atomic E-state index is 0. The third-order valence-corrected chi connectivity index (χ3v) is 5.44. The van der Waals surface area contributed by atoms with Gasteiger partial charge in [0.2, 0.25) is 0 Å². The minimum absolute atomic E-state index is 0. The molecule has 2 saturated heterocycles. The normalized spacial score (nSPS) is 21.3. The van der Waals surface area contributed by atoms with Crippen LogP contribution in [0, 0.1) is 5.92 Å². The Morgan fingerprint density at radius 2 is 1.81 bits per heavy atom. The molecule has 0 aliphatic carbocycles. The molecule has 2 fully saturated rings. The van der Waals surface area contributed by atoms with E-state index in [1.54, 1.807) is 0 Å². The molecule has 0 aromatic heterocycles. The Morgan fingerprint density at radius 3 is 2.48 bits per heavy atom. The van der Waals surface area contributed by atoms with Crippen LogP contribution >= 0.6 is 24.0 Å². The quantitative estimate of drug-likeness (QED) is 0.382. The van der Waals surface area contributed by atoms with Gasteiger partial charge in [-0.1, -0.05) is 25.1 Å². The van der Waals surface area contributed by atoms with Crippen LogP contribution in [0.25, 0.3) is 0 Å². The second-order valence-electron chi connectivity index (χ2n) is 7.46. The van der Waals surface area contributed by atoms with Crippen molar-refractivity contribution in [3.05, 3.63) is 30.3 Å². The highest BCUT2D eigenvalue weighted by atomic mass is 127. The van der Waals surface area contributed by atoms with Crippen LogP contribution in [0.1, 0.15) is 26.7 Å². The number of hydrogen-bond donors (Lipinski definition) is 1. The molecule has 0 saturated carbocycles. The molecule has 2 heterocycles. The summed E-state index contributed by atoms with van der Waals surface area (Å²) in [5.41, 5.74) is 1.33. The molecule has 6 heteroatoms. The molecule has 1 unspecified atom stereocenters. The number of guanidine groups is 1. The van der Waals surface area contributed by atoms with Gasteiger partial charge in [-0.15, -0.1) is 24.0 Å². The fourth-order valence-electron chi connectivity index (χ4n) is 4.04. The van der Waals surface area contributed by atoms with Crippen LogP contribution < -0.4 is 10.2 Å². The van der Waals surface area contributed by atoms with E-state index in [-0.39, 0.29) is 24.0 Å². The predicted molar refractivity (Wildman–Crippen MR) is 126 cm³/mol. The molecule has 2 aliphatic heterocycles. The van der Waals surface area contributed by atoms with Gasteiger partial charge >= 0.3 is 0 Å². The highest BCUT2D eigenvalue weighted by molar-refractivity contribution is 14.0. The zero-order valence-corrected chi connectivity index (χ0v) is 19.3. The number of halogens is 1. The highest BCUT2D eigenvalue weighted by Crippen LogP contribution is 2.18. The Balaban J connectivity index is 0.00000261. The zero-order valence-electron chi connectivity index (χ0n) is 16.9. The summed E-state index contributed by atoms with van der Waals surface area (Å²) in [5, 5.41) is 3.51. The van der Waals surface area contributed by atoms with Crippen LogP contribution in [0.15, 0.2) is 35.3 Å². The second-order valence-corrected chi connectivity index (χ2v) is 7.46. The summed E-state index contributed by atoms with van der Waals surface area (Å²) >= 11 is 0. The van der Waals surface area contributed by atoms with Crippen LogP contribution in [-0.4, -0.2) is 74.7 Å². The summed E-state index contributed by atoms with van der Waals surface area (Å²) in [6.07, 6.45) is 2.55. The van der Waals surface area contributed by atoms with E-state index in [2.05, 4.69) is 64.2 Å². The van der Waals surface area contributed by atoms with Crippen LogP contribution in [0.4, 0.5) is 5.69 Å². The van der Waals surface area contributed by atoms with Crippen molar-refractivity contribution in [3.8, 4) is 0 Å². The molecule has 152 valence electrons. The van der Waals surface area contributed by atoms with Crippen molar-refractivity contribution in [2.24, 2.45) is 10.9 Å². The first-order valence-electron chi connectivity index (χ1n) is 10.4. The summed E-state index contributed by atoms with van der Waals surface area (Å²) in [7, 11) is 0. The molecule has 27 heavy (non-hydrogen) atoms. The second kappa shape index (κ2) is 11.7. The van der Waals surface area contributed by atoms with Crippen molar-refractivity contribution in [2.75, 3.05) is 63.8 Å². The predicted octanol–water partition coefficient (Wildman–Crippen LogP) is 3.12. The summed E-state index contributed by atoms with van der Waals surface area (Å²) in [5.74, 6) is 1.83. The van der Waals surface area contributed by atoms with Crippen LogP contribution in [0.3, 0.4) is 0 Å². The van der Waals surface area contributed by atoms with E-state index >= 15 is 0 Å². The van der Waals surface area contributed by atoms with Gasteiger partial charge in [-0.3, -0.25) is 4.99 Å². The summed E-state index contributed by atoms with van der Waals surface area (Å²) in [6.45, 7) is 14.2. The highest BCUT2D eigenvalue weighted by Gasteiger charge is 2.23. The lowest BCUT2D eigenvalue weighted by atomic mass is 10.1. The van der Waals surface area contributed by atoms with Crippen molar-refractivity contribution in [1.82, 2.24) is 15.1 Å². The van der Waals surface area contributed by atoms with Gasteiger partial charge in [0, 0.05) is 51.5 Å². The molecular formula is C21H36IN5. The van der Waals surface area contributed by atoms with Gasteiger partial charge in [0.25, 0.3) is 0 Å². The maximum absolute atomic E-state index is 5.00. The van der Waals surface area contributed by atoms with E-state index in [1.807, 2.05) is 0 Å². The van der Waals surface area contributed by atoms with E-state index in [0.717, 1.165) is 51.1 Å². The number of piperazine rings is 1. The molecule has 0 bridgehead atoms. The molecule has 2 aliphatic rings. The Bertz CT molecular complexity index is 557. The van der Waals surface area contributed by atoms with Crippen LogP contribution in [0.2, 0.25) is 0 Å². The largest absolute Gasteiger partial charge is 0.368 e. The van der Waals surface area contributed by atoms with Crippen molar-refractivity contribution in [2.45, 2.75) is 26.7 Å². The molecule has 0 amide bonds. The van der Waals surface area contributed by atoms with E-state index < -0.39 is 0 Å². The zero-order chi connectivity index (χ0) is 18.2. The number of hydrogen-bond acceptors (Lipinski definition) is 3. The summed E-state index contributed by atoms with van der Waals surface area (Å²) < 4.78 is 0. The number of aliphatic imine (C=N–C) groups is 1. The Labute approximate surface area is 182 Å². The first kappa shape index (κ1) is 22.3. The maximum Gasteiger partial charge on any atom is 0.194 e. The Hall–Kier alpha value is -1.02. The number of nitrogens with one attached hydrogen (secondary N) is 1. The van der Waals surface area contributed by atoms with Gasteiger partial charge in [0.15, 0.2) is 5.96 Å². The lowest BCUT2D eigenvalue weighted by Gasteiger charge is -2.37. The molecule has 1 aromatic carbocycles. The first-order chi connectivity index (χ1) is 12.8. The third-order valence-electron chi connectivity index (χ3n) is 5.44. The van der Waals surface area contributed by atoms with Gasteiger partial charge in [-0.2, -0.15) is 0 Å². The molecule has 1 atom stereocenters. The molecule has 5 nitrogen and oxygen atoms in total. The lowest BCUT2D eigenvalue weighted by Crippen LogP contribution is -2.52. The number of likely N-dealkylation sites (tertiary alicyclic amines) is 1. The van der Waals surface area contributed by atoms with Crippen LogP contribution in [0.5, 0.6) is 0 Å². The Morgan fingerprint density at radius 1 is 1.07 bits per heavy atom. The monoisotopic (exact) mass is 485 g/mol. The topological polar surface area (TPSA) is 34.1 Å². The molecule has 1 aromatic rings. The van der Waals surface area contributed by atoms with Crippen molar-refractivity contribution in [1.29, 1.82) is 0 Å². The number of para-hydroxylation sites is 1. The maximum atomic E-state index is 5.00. The number of anilines is 1. The molecule has 3 rings (SSSR count). The minimum Gasteiger partial charge on any atom is -0.368 e. The van der Waals surface area contributed by atoms with Crippen molar-refractivity contribution >= 4 is 35.6 Å². The van der Waals surface area contributed by atoms with Gasteiger partial charge in [0.05, 0.1) is 0 Å². The number of rotatable bonds is 6. The van der Waals surface area contributed by atoms with Gasteiger partial charge < -0.3 is 20.0 Å². The fourth-order valence-corrected chi connectivity index (χ4v) is 4.04. The summed E-state index contributed by atoms with van der Waals surface area (Å²) in [4.78, 5) is 12.5.